The van der Waals surface area contributed by atoms with Crippen molar-refractivity contribution in [1.29, 1.82) is 0 Å². The van der Waals surface area contributed by atoms with E-state index in [2.05, 4.69) is 23.5 Å². The van der Waals surface area contributed by atoms with E-state index in [1.54, 1.807) is 6.07 Å². The summed E-state index contributed by atoms with van der Waals surface area (Å²) < 4.78 is 13.9. The van der Waals surface area contributed by atoms with Crippen molar-refractivity contribution in [2.45, 2.75) is 18.6 Å². The molecule has 1 aromatic carbocycles. The molecule has 17 heavy (non-hydrogen) atoms. The number of rotatable bonds is 5. The summed E-state index contributed by atoms with van der Waals surface area (Å²) in [6.45, 7) is 3.12. The highest BCUT2D eigenvalue weighted by atomic mass is 32.2. The first kappa shape index (κ1) is 12.6. The second-order valence-electron chi connectivity index (χ2n) is 3.89. The number of anilines is 1. The van der Waals surface area contributed by atoms with Crippen molar-refractivity contribution < 1.29 is 4.39 Å². The third kappa shape index (κ3) is 3.33. The number of fused-ring (bicyclic) bond motifs is 1. The van der Waals surface area contributed by atoms with Crippen LogP contribution >= 0.6 is 23.1 Å². The molecule has 0 fully saturated rings. The maximum atomic E-state index is 13.0. The van der Waals surface area contributed by atoms with Crippen LogP contribution in [0.25, 0.3) is 10.2 Å². The Morgan fingerprint density at radius 2 is 2.35 bits per heavy atom. The molecule has 0 amide bonds. The van der Waals surface area contributed by atoms with Crippen molar-refractivity contribution in [2.75, 3.05) is 18.1 Å². The summed E-state index contributed by atoms with van der Waals surface area (Å²) in [4.78, 5) is 4.41. The molecule has 2 nitrogen and oxygen atoms in total. The zero-order valence-corrected chi connectivity index (χ0v) is 11.5. The molecule has 0 aliphatic rings. The number of halogens is 1. The molecule has 1 unspecified atom stereocenters. The molecular formula is C12H15FN2S2. The van der Waals surface area contributed by atoms with E-state index >= 15 is 0 Å². The van der Waals surface area contributed by atoms with Crippen LogP contribution in [0.2, 0.25) is 0 Å². The van der Waals surface area contributed by atoms with E-state index < -0.39 is 0 Å². The Labute approximate surface area is 109 Å². The molecule has 5 heteroatoms. The highest BCUT2D eigenvalue weighted by Gasteiger charge is 2.05. The number of nitrogens with one attached hydrogen (secondary N) is 1. The van der Waals surface area contributed by atoms with Gasteiger partial charge < -0.3 is 5.32 Å². The van der Waals surface area contributed by atoms with Gasteiger partial charge in [-0.25, -0.2) is 9.37 Å². The Kier molecular flexibility index (Phi) is 4.23. The molecule has 0 saturated heterocycles. The van der Waals surface area contributed by atoms with Crippen LogP contribution in [0, 0.1) is 5.82 Å². The van der Waals surface area contributed by atoms with Gasteiger partial charge in [-0.1, -0.05) is 18.3 Å². The second-order valence-corrected chi connectivity index (χ2v) is 6.20. The van der Waals surface area contributed by atoms with Crippen LogP contribution in [0.3, 0.4) is 0 Å². The third-order valence-electron chi connectivity index (χ3n) is 2.58. The van der Waals surface area contributed by atoms with E-state index in [0.717, 1.165) is 28.3 Å². The summed E-state index contributed by atoms with van der Waals surface area (Å²) in [6, 6.07) is 4.70. The van der Waals surface area contributed by atoms with Crippen molar-refractivity contribution in [3.05, 3.63) is 24.0 Å². The van der Waals surface area contributed by atoms with E-state index in [1.807, 2.05) is 11.8 Å². The van der Waals surface area contributed by atoms with Gasteiger partial charge in [0.05, 0.1) is 10.2 Å². The Bertz CT molecular complexity index is 498. The Hall–Kier alpha value is -0.810. The molecule has 0 saturated carbocycles. The molecular weight excluding hydrogens is 255 g/mol. The average molecular weight is 270 g/mol. The lowest BCUT2D eigenvalue weighted by molar-refractivity contribution is 0.630. The summed E-state index contributed by atoms with van der Waals surface area (Å²) in [6.07, 6.45) is 3.22. The molecule has 1 aromatic heterocycles. The predicted molar refractivity (Wildman–Crippen MR) is 75.7 cm³/mol. The van der Waals surface area contributed by atoms with E-state index in [1.165, 1.54) is 23.5 Å². The average Bonchev–Trinajstić information content (AvgIpc) is 2.70. The normalized spacial score (nSPS) is 12.9. The molecule has 0 aliphatic heterocycles. The highest BCUT2D eigenvalue weighted by molar-refractivity contribution is 7.99. The standard InChI is InChI=1S/C12H15FN2S2/c1-8(16-2)5-6-14-12-15-10-4-3-9(13)7-11(10)17-12/h3-4,7-8H,5-6H2,1-2H3,(H,14,15). The molecule has 1 heterocycles. The number of thioether (sulfide) groups is 1. The van der Waals surface area contributed by atoms with Crippen LogP contribution in [-0.4, -0.2) is 23.0 Å². The quantitative estimate of drug-likeness (QED) is 0.889. The van der Waals surface area contributed by atoms with Gasteiger partial charge in [-0.3, -0.25) is 0 Å². The maximum absolute atomic E-state index is 13.0. The number of thiazole rings is 1. The smallest absolute Gasteiger partial charge is 0.183 e. The van der Waals surface area contributed by atoms with Gasteiger partial charge in [0.1, 0.15) is 5.82 Å². The Balaban J connectivity index is 1.99. The lowest BCUT2D eigenvalue weighted by Crippen LogP contribution is -2.07. The Morgan fingerprint density at radius 1 is 1.53 bits per heavy atom. The molecule has 2 rings (SSSR count). The first-order chi connectivity index (χ1) is 8.19. The summed E-state index contributed by atoms with van der Waals surface area (Å²) in [5.41, 5.74) is 0.858. The third-order valence-corrected chi connectivity index (χ3v) is 4.60. The fraction of sp³-hybridized carbons (Fsp3) is 0.417. The van der Waals surface area contributed by atoms with Gasteiger partial charge in [-0.05, 0) is 30.9 Å². The van der Waals surface area contributed by atoms with E-state index in [-0.39, 0.29) is 5.82 Å². The van der Waals surface area contributed by atoms with Crippen molar-refractivity contribution in [1.82, 2.24) is 4.98 Å². The SMILES string of the molecule is CSC(C)CCNc1nc2ccc(F)cc2s1. The van der Waals surface area contributed by atoms with Crippen LogP contribution in [0.5, 0.6) is 0 Å². The molecule has 92 valence electrons. The molecule has 2 aromatic rings. The van der Waals surface area contributed by atoms with E-state index in [0.29, 0.717) is 5.25 Å². The zero-order valence-electron chi connectivity index (χ0n) is 9.87. The minimum Gasteiger partial charge on any atom is -0.361 e. The van der Waals surface area contributed by atoms with Gasteiger partial charge in [-0.15, -0.1) is 0 Å². The van der Waals surface area contributed by atoms with Crippen LogP contribution < -0.4 is 5.32 Å². The van der Waals surface area contributed by atoms with Crippen molar-refractivity contribution >= 4 is 38.4 Å². The number of hydrogen-bond acceptors (Lipinski definition) is 4. The summed E-state index contributed by atoms with van der Waals surface area (Å²) in [5, 5.41) is 4.81. The first-order valence-electron chi connectivity index (χ1n) is 5.52. The van der Waals surface area contributed by atoms with Crippen molar-refractivity contribution in [2.24, 2.45) is 0 Å². The molecule has 0 spiro atoms. The Morgan fingerprint density at radius 3 is 3.12 bits per heavy atom. The van der Waals surface area contributed by atoms with E-state index in [9.17, 15) is 4.39 Å². The van der Waals surface area contributed by atoms with Crippen molar-refractivity contribution in [3.8, 4) is 0 Å². The van der Waals surface area contributed by atoms with Crippen LogP contribution in [-0.2, 0) is 0 Å². The highest BCUT2D eigenvalue weighted by Crippen LogP contribution is 2.26. The minimum atomic E-state index is -0.205. The van der Waals surface area contributed by atoms with Gasteiger partial charge >= 0.3 is 0 Å². The van der Waals surface area contributed by atoms with Crippen LogP contribution in [0.15, 0.2) is 18.2 Å². The lowest BCUT2D eigenvalue weighted by atomic mass is 10.3. The van der Waals surface area contributed by atoms with Crippen LogP contribution in [0.1, 0.15) is 13.3 Å². The summed E-state index contributed by atoms with van der Waals surface area (Å²) in [5.74, 6) is -0.205. The van der Waals surface area contributed by atoms with Gasteiger partial charge in [0, 0.05) is 11.8 Å². The lowest BCUT2D eigenvalue weighted by Gasteiger charge is -2.07. The predicted octanol–water partition coefficient (Wildman–Crippen LogP) is 3.99. The largest absolute Gasteiger partial charge is 0.361 e. The first-order valence-corrected chi connectivity index (χ1v) is 7.62. The van der Waals surface area contributed by atoms with Crippen molar-refractivity contribution in [3.63, 3.8) is 0 Å². The molecule has 0 aliphatic carbocycles. The van der Waals surface area contributed by atoms with E-state index in [4.69, 9.17) is 0 Å². The number of aromatic nitrogens is 1. The fourth-order valence-corrected chi connectivity index (χ4v) is 2.74. The molecule has 1 N–H and O–H groups in total. The summed E-state index contributed by atoms with van der Waals surface area (Å²) in [7, 11) is 0. The minimum absolute atomic E-state index is 0.205. The number of hydrogen-bond donors (Lipinski definition) is 1. The van der Waals surface area contributed by atoms with Gasteiger partial charge in [0.2, 0.25) is 0 Å². The molecule has 0 radical (unpaired) electrons. The fourth-order valence-electron chi connectivity index (χ4n) is 1.47. The number of nitrogens with zero attached hydrogens (tertiary/aromatic N) is 1. The van der Waals surface area contributed by atoms with Gasteiger partial charge in [0.15, 0.2) is 5.13 Å². The topological polar surface area (TPSA) is 24.9 Å². The molecule has 1 atom stereocenters. The summed E-state index contributed by atoms with van der Waals surface area (Å²) >= 11 is 3.36. The second kappa shape index (κ2) is 5.69. The van der Waals surface area contributed by atoms with Gasteiger partial charge in [0.25, 0.3) is 0 Å². The van der Waals surface area contributed by atoms with Gasteiger partial charge in [-0.2, -0.15) is 11.8 Å². The van der Waals surface area contributed by atoms with Crippen LogP contribution in [0.4, 0.5) is 9.52 Å². The molecule has 0 bridgehead atoms. The maximum Gasteiger partial charge on any atom is 0.183 e. The zero-order chi connectivity index (χ0) is 12.3. The number of benzene rings is 1. The monoisotopic (exact) mass is 270 g/mol.